The number of halogens is 3. The number of alkyl halides is 3. The zero-order valence-electron chi connectivity index (χ0n) is 9.05. The minimum Gasteiger partial charge on any atom is -0.337 e. The maximum Gasteiger partial charge on any atom is 0.396 e. The summed E-state index contributed by atoms with van der Waals surface area (Å²) < 4.78 is 42.2. The van der Waals surface area contributed by atoms with Crippen LogP contribution in [0.4, 0.5) is 13.2 Å². The number of aromatic nitrogens is 5. The molecule has 0 amide bonds. The van der Waals surface area contributed by atoms with E-state index in [1.165, 1.54) is 4.68 Å². The lowest BCUT2D eigenvalue weighted by Crippen LogP contribution is -2.12. The van der Waals surface area contributed by atoms with Crippen molar-refractivity contribution in [3.05, 3.63) is 23.6 Å². The highest BCUT2D eigenvalue weighted by molar-refractivity contribution is 4.93. The van der Waals surface area contributed by atoms with E-state index in [9.17, 15) is 13.2 Å². The predicted octanol–water partition coefficient (Wildman–Crippen LogP) is 0.273. The summed E-state index contributed by atoms with van der Waals surface area (Å²) in [6.07, 6.45) is -4.03. The van der Waals surface area contributed by atoms with Gasteiger partial charge in [0.1, 0.15) is 13.0 Å². The van der Waals surface area contributed by atoms with Crippen molar-refractivity contribution in [2.75, 3.05) is 0 Å². The standard InChI is InChI=1S/C8H9F3N6O/c9-8(10,11)1-6-13-7(18-15-6)4-17-3-5(2-12)14-16-17/h3H,1-2,4,12H2. The van der Waals surface area contributed by atoms with Crippen molar-refractivity contribution in [1.29, 1.82) is 0 Å². The SMILES string of the molecule is NCc1cn(Cc2nc(CC(F)(F)F)no2)nn1. The Morgan fingerprint density at radius 3 is 2.78 bits per heavy atom. The Morgan fingerprint density at radius 2 is 2.17 bits per heavy atom. The minimum atomic E-state index is -4.36. The topological polar surface area (TPSA) is 95.7 Å². The van der Waals surface area contributed by atoms with Gasteiger partial charge in [0.2, 0.25) is 5.89 Å². The Bertz CT molecular complexity index is 519. The van der Waals surface area contributed by atoms with Gasteiger partial charge in [-0.05, 0) is 0 Å². The van der Waals surface area contributed by atoms with Crippen LogP contribution in [0.3, 0.4) is 0 Å². The third-order valence-electron chi connectivity index (χ3n) is 1.96. The Kier molecular flexibility index (Phi) is 3.28. The van der Waals surface area contributed by atoms with Crippen molar-refractivity contribution in [1.82, 2.24) is 25.1 Å². The summed E-state index contributed by atoms with van der Waals surface area (Å²) in [5, 5.41) is 10.7. The number of hydrogen-bond donors (Lipinski definition) is 1. The lowest BCUT2D eigenvalue weighted by atomic mass is 10.4. The number of nitrogens with zero attached hydrogens (tertiary/aromatic N) is 5. The van der Waals surface area contributed by atoms with Gasteiger partial charge in [-0.1, -0.05) is 10.4 Å². The number of hydrogen-bond acceptors (Lipinski definition) is 6. The van der Waals surface area contributed by atoms with Crippen molar-refractivity contribution >= 4 is 0 Å². The molecule has 98 valence electrons. The van der Waals surface area contributed by atoms with Crippen LogP contribution < -0.4 is 5.73 Å². The Balaban J connectivity index is 2.02. The second-order valence-corrected chi connectivity index (χ2v) is 3.51. The minimum absolute atomic E-state index is 0.0303. The van der Waals surface area contributed by atoms with Crippen LogP contribution in [0.25, 0.3) is 0 Å². The van der Waals surface area contributed by atoms with Crippen molar-refractivity contribution < 1.29 is 17.7 Å². The molecule has 0 atom stereocenters. The van der Waals surface area contributed by atoms with Crippen LogP contribution in [0.2, 0.25) is 0 Å². The van der Waals surface area contributed by atoms with Gasteiger partial charge < -0.3 is 10.3 Å². The van der Waals surface area contributed by atoms with Gasteiger partial charge in [0.15, 0.2) is 5.82 Å². The smallest absolute Gasteiger partial charge is 0.337 e. The van der Waals surface area contributed by atoms with E-state index < -0.39 is 18.4 Å². The molecule has 0 aliphatic rings. The molecule has 0 fully saturated rings. The predicted molar refractivity (Wildman–Crippen MR) is 51.1 cm³/mol. The highest BCUT2D eigenvalue weighted by Crippen LogP contribution is 2.19. The number of nitrogens with two attached hydrogens (primary N) is 1. The second-order valence-electron chi connectivity index (χ2n) is 3.51. The lowest BCUT2D eigenvalue weighted by molar-refractivity contribution is -0.128. The molecule has 2 aromatic heterocycles. The monoisotopic (exact) mass is 262 g/mol. The molecule has 0 spiro atoms. The van der Waals surface area contributed by atoms with E-state index in [2.05, 4.69) is 25.0 Å². The van der Waals surface area contributed by atoms with E-state index in [1.807, 2.05) is 0 Å². The Hall–Kier alpha value is -1.97. The molecule has 0 aromatic carbocycles. The van der Waals surface area contributed by atoms with Crippen LogP contribution in [0, 0.1) is 0 Å². The van der Waals surface area contributed by atoms with E-state index in [0.29, 0.717) is 5.69 Å². The summed E-state index contributed by atoms with van der Waals surface area (Å²) >= 11 is 0. The third kappa shape index (κ3) is 3.26. The van der Waals surface area contributed by atoms with E-state index in [0.717, 1.165) is 0 Å². The fourth-order valence-electron chi connectivity index (χ4n) is 1.25. The first-order valence-electron chi connectivity index (χ1n) is 4.93. The van der Waals surface area contributed by atoms with Crippen molar-refractivity contribution in [3.8, 4) is 0 Å². The molecular formula is C8H9F3N6O. The molecule has 2 N–H and O–H groups in total. The molecule has 0 radical (unpaired) electrons. The number of rotatable bonds is 4. The van der Waals surface area contributed by atoms with Gasteiger partial charge in [-0.25, -0.2) is 4.68 Å². The molecule has 18 heavy (non-hydrogen) atoms. The van der Waals surface area contributed by atoms with Crippen LogP contribution >= 0.6 is 0 Å². The van der Waals surface area contributed by atoms with Gasteiger partial charge in [0, 0.05) is 6.54 Å². The molecule has 7 nitrogen and oxygen atoms in total. The average molecular weight is 262 g/mol. The van der Waals surface area contributed by atoms with E-state index in [1.54, 1.807) is 6.20 Å². The average Bonchev–Trinajstić information content (AvgIpc) is 2.86. The van der Waals surface area contributed by atoms with Crippen molar-refractivity contribution in [2.45, 2.75) is 25.7 Å². The summed E-state index contributed by atoms with van der Waals surface area (Å²) in [5.41, 5.74) is 5.90. The van der Waals surface area contributed by atoms with Gasteiger partial charge in [-0.2, -0.15) is 18.2 Å². The molecule has 2 rings (SSSR count). The van der Waals surface area contributed by atoms with E-state index >= 15 is 0 Å². The molecule has 0 aliphatic carbocycles. The van der Waals surface area contributed by atoms with Gasteiger partial charge >= 0.3 is 6.18 Å². The highest BCUT2D eigenvalue weighted by Gasteiger charge is 2.30. The molecule has 0 saturated carbocycles. The molecule has 10 heteroatoms. The van der Waals surface area contributed by atoms with Gasteiger partial charge in [0.25, 0.3) is 0 Å². The normalized spacial score (nSPS) is 12.0. The maximum absolute atomic E-state index is 12.1. The molecule has 0 unspecified atom stereocenters. The molecule has 0 saturated heterocycles. The highest BCUT2D eigenvalue weighted by atomic mass is 19.4. The maximum atomic E-state index is 12.1. The van der Waals surface area contributed by atoms with Crippen LogP contribution in [0.1, 0.15) is 17.4 Å². The summed E-state index contributed by atoms with van der Waals surface area (Å²) in [5.74, 6) is -0.376. The first-order chi connectivity index (χ1) is 8.46. The van der Waals surface area contributed by atoms with Crippen LogP contribution in [0.5, 0.6) is 0 Å². The Morgan fingerprint density at radius 1 is 1.39 bits per heavy atom. The molecule has 0 bridgehead atoms. The largest absolute Gasteiger partial charge is 0.396 e. The van der Waals surface area contributed by atoms with Crippen LogP contribution in [-0.2, 0) is 19.5 Å². The lowest BCUT2D eigenvalue weighted by Gasteiger charge is -1.99. The summed E-state index contributed by atoms with van der Waals surface area (Å²) in [6.45, 7) is 0.279. The molecular weight excluding hydrogens is 253 g/mol. The molecule has 0 aliphatic heterocycles. The fourth-order valence-corrected chi connectivity index (χ4v) is 1.25. The zero-order chi connectivity index (χ0) is 13.2. The first kappa shape index (κ1) is 12.5. The van der Waals surface area contributed by atoms with Crippen molar-refractivity contribution in [3.63, 3.8) is 0 Å². The summed E-state index contributed by atoms with van der Waals surface area (Å²) in [4.78, 5) is 3.61. The molecule has 2 heterocycles. The third-order valence-corrected chi connectivity index (χ3v) is 1.96. The van der Waals surface area contributed by atoms with Crippen LogP contribution in [0.15, 0.2) is 10.7 Å². The van der Waals surface area contributed by atoms with Gasteiger partial charge in [0.05, 0.1) is 11.9 Å². The summed E-state index contributed by atoms with van der Waals surface area (Å²) in [6, 6.07) is 0. The van der Waals surface area contributed by atoms with E-state index in [4.69, 9.17) is 5.73 Å². The quantitative estimate of drug-likeness (QED) is 0.849. The van der Waals surface area contributed by atoms with Crippen molar-refractivity contribution in [2.24, 2.45) is 5.73 Å². The van der Waals surface area contributed by atoms with Gasteiger partial charge in [-0.3, -0.25) is 0 Å². The zero-order valence-corrected chi connectivity index (χ0v) is 9.05. The fraction of sp³-hybridized carbons (Fsp3) is 0.500. The summed E-state index contributed by atoms with van der Waals surface area (Å²) in [7, 11) is 0. The first-order valence-corrected chi connectivity index (χ1v) is 4.93. The van der Waals surface area contributed by atoms with Crippen LogP contribution in [-0.4, -0.2) is 31.3 Å². The van der Waals surface area contributed by atoms with Gasteiger partial charge in [-0.15, -0.1) is 5.10 Å². The molecule has 2 aromatic rings. The Labute approximate surface area is 98.8 Å². The van der Waals surface area contributed by atoms with E-state index in [-0.39, 0.29) is 19.0 Å². The second kappa shape index (κ2) is 4.72.